The Balaban J connectivity index is 1.67. The van der Waals surface area contributed by atoms with Crippen molar-refractivity contribution in [1.82, 2.24) is 14.9 Å². The van der Waals surface area contributed by atoms with Gasteiger partial charge in [-0.2, -0.15) is 0 Å². The van der Waals surface area contributed by atoms with Crippen molar-refractivity contribution in [2.45, 2.75) is 12.5 Å². The van der Waals surface area contributed by atoms with Crippen molar-refractivity contribution >= 4 is 39.5 Å². The zero-order valence-corrected chi connectivity index (χ0v) is 17.6. The van der Waals surface area contributed by atoms with Crippen LogP contribution >= 0.6 is 22.6 Å². The summed E-state index contributed by atoms with van der Waals surface area (Å²) in [5, 5.41) is 3.21. The van der Waals surface area contributed by atoms with Gasteiger partial charge in [-0.05, 0) is 52.4 Å². The first-order valence-electron chi connectivity index (χ1n) is 9.14. The van der Waals surface area contributed by atoms with Crippen LogP contribution in [0.4, 0.5) is 0 Å². The van der Waals surface area contributed by atoms with E-state index in [0.29, 0.717) is 12.0 Å². The summed E-state index contributed by atoms with van der Waals surface area (Å²) in [5.41, 5.74) is 3.81. The molecular weight excluding hydrogens is 461 g/mol. The number of aryl methyl sites for hydroxylation is 1. The number of nitrogens with one attached hydrogen (secondary N) is 1. The molecule has 3 aromatic carbocycles. The molecule has 4 aromatic rings. The number of hydrogen-bond acceptors (Lipinski definition) is 2. The fourth-order valence-corrected chi connectivity index (χ4v) is 4.01. The number of hydrogen-bond donors (Lipinski definition) is 1. The van der Waals surface area contributed by atoms with Gasteiger partial charge in [0.1, 0.15) is 5.82 Å². The molecule has 0 bridgehead atoms. The van der Waals surface area contributed by atoms with Gasteiger partial charge in [0, 0.05) is 17.0 Å². The van der Waals surface area contributed by atoms with Crippen LogP contribution in [0.25, 0.3) is 11.0 Å². The number of amides is 1. The summed E-state index contributed by atoms with van der Waals surface area (Å²) in [7, 11) is 2.02. The predicted molar refractivity (Wildman–Crippen MR) is 120 cm³/mol. The minimum atomic E-state index is -0.166. The molecule has 4 rings (SSSR count). The first kappa shape index (κ1) is 18.7. The molecule has 0 aliphatic carbocycles. The largest absolute Gasteiger partial charge is 0.345 e. The van der Waals surface area contributed by atoms with Gasteiger partial charge in [0.25, 0.3) is 5.91 Å². The average molecular weight is 481 g/mol. The van der Waals surface area contributed by atoms with Crippen LogP contribution in [0.2, 0.25) is 0 Å². The molecule has 4 nitrogen and oxygen atoms in total. The zero-order valence-electron chi connectivity index (χ0n) is 15.5. The fraction of sp³-hybridized carbons (Fsp3) is 0.130. The van der Waals surface area contributed by atoms with Crippen molar-refractivity contribution in [2.24, 2.45) is 7.05 Å². The van der Waals surface area contributed by atoms with Gasteiger partial charge < -0.3 is 9.88 Å². The first-order chi connectivity index (χ1) is 13.6. The van der Waals surface area contributed by atoms with Crippen LogP contribution in [0.1, 0.15) is 27.8 Å². The Morgan fingerprint density at radius 2 is 1.68 bits per heavy atom. The summed E-state index contributed by atoms with van der Waals surface area (Å²) in [6, 6.07) is 25.6. The summed E-state index contributed by atoms with van der Waals surface area (Å²) < 4.78 is 3.04. The second-order valence-electron chi connectivity index (χ2n) is 6.70. The predicted octanol–water partition coefficient (Wildman–Crippen LogP) is 4.89. The van der Waals surface area contributed by atoms with Crippen molar-refractivity contribution in [3.8, 4) is 0 Å². The topological polar surface area (TPSA) is 46.9 Å². The number of fused-ring (bicyclic) bond motifs is 1. The quantitative estimate of drug-likeness (QED) is 0.413. The number of para-hydroxylation sites is 2. The maximum absolute atomic E-state index is 13.0. The van der Waals surface area contributed by atoms with Crippen molar-refractivity contribution < 1.29 is 4.79 Å². The van der Waals surface area contributed by atoms with E-state index in [1.807, 2.05) is 79.8 Å². The highest BCUT2D eigenvalue weighted by atomic mass is 127. The molecule has 0 aliphatic heterocycles. The third-order valence-corrected chi connectivity index (χ3v) is 5.83. The van der Waals surface area contributed by atoms with E-state index < -0.39 is 0 Å². The van der Waals surface area contributed by atoms with E-state index in [2.05, 4.69) is 38.5 Å². The van der Waals surface area contributed by atoms with Crippen LogP contribution in [0, 0.1) is 3.57 Å². The SMILES string of the molecule is Cn1c(C[C@@H](NC(=O)c2ccccc2I)c2ccccc2)nc2ccccc21. The second-order valence-corrected chi connectivity index (χ2v) is 7.86. The summed E-state index contributed by atoms with van der Waals surface area (Å²) in [5.74, 6) is 0.871. The highest BCUT2D eigenvalue weighted by molar-refractivity contribution is 14.1. The molecule has 140 valence electrons. The molecule has 1 atom stereocenters. The van der Waals surface area contributed by atoms with E-state index in [-0.39, 0.29) is 11.9 Å². The van der Waals surface area contributed by atoms with E-state index in [4.69, 9.17) is 4.98 Å². The molecule has 5 heteroatoms. The standard InChI is InChI=1S/C23H20IN3O/c1-27-21-14-8-7-13-19(21)25-22(27)15-20(16-9-3-2-4-10-16)26-23(28)17-11-5-6-12-18(17)24/h2-14,20H,15H2,1H3,(H,26,28)/t20-/m1/s1. The molecule has 0 saturated carbocycles. The van der Waals surface area contributed by atoms with Gasteiger partial charge in [-0.25, -0.2) is 4.98 Å². The Morgan fingerprint density at radius 3 is 2.43 bits per heavy atom. The normalized spacial score (nSPS) is 12.1. The highest BCUT2D eigenvalue weighted by Crippen LogP contribution is 2.22. The van der Waals surface area contributed by atoms with Crippen LogP contribution in [0.15, 0.2) is 78.9 Å². The zero-order chi connectivity index (χ0) is 19.5. The average Bonchev–Trinajstić information content (AvgIpc) is 3.04. The number of aromatic nitrogens is 2. The molecule has 0 aliphatic rings. The van der Waals surface area contributed by atoms with Gasteiger partial charge >= 0.3 is 0 Å². The van der Waals surface area contributed by atoms with Crippen LogP contribution in [0.5, 0.6) is 0 Å². The maximum Gasteiger partial charge on any atom is 0.252 e. The Kier molecular flexibility index (Phi) is 5.43. The first-order valence-corrected chi connectivity index (χ1v) is 10.2. The van der Waals surface area contributed by atoms with Crippen molar-refractivity contribution in [3.05, 3.63) is 99.4 Å². The van der Waals surface area contributed by atoms with E-state index in [0.717, 1.165) is 26.0 Å². The van der Waals surface area contributed by atoms with Gasteiger partial charge in [0.05, 0.1) is 22.6 Å². The van der Waals surface area contributed by atoms with Gasteiger partial charge in [-0.15, -0.1) is 0 Å². The van der Waals surface area contributed by atoms with Gasteiger partial charge in [-0.3, -0.25) is 4.79 Å². The molecule has 0 saturated heterocycles. The number of rotatable bonds is 5. The lowest BCUT2D eigenvalue weighted by Crippen LogP contribution is -2.31. The molecule has 1 amide bonds. The van der Waals surface area contributed by atoms with Gasteiger partial charge in [0.15, 0.2) is 0 Å². The van der Waals surface area contributed by atoms with Gasteiger partial charge in [-0.1, -0.05) is 54.6 Å². The van der Waals surface area contributed by atoms with Crippen molar-refractivity contribution in [2.75, 3.05) is 0 Å². The molecular formula is C23H20IN3O. The number of imidazole rings is 1. The van der Waals surface area contributed by atoms with Crippen molar-refractivity contribution in [1.29, 1.82) is 0 Å². The fourth-order valence-electron chi connectivity index (χ4n) is 3.38. The minimum Gasteiger partial charge on any atom is -0.345 e. The van der Waals surface area contributed by atoms with Gasteiger partial charge in [0.2, 0.25) is 0 Å². The molecule has 0 unspecified atom stereocenters. The summed E-state index contributed by atoms with van der Waals surface area (Å²) in [6.07, 6.45) is 0.615. The molecule has 0 spiro atoms. The lowest BCUT2D eigenvalue weighted by molar-refractivity contribution is 0.0935. The lowest BCUT2D eigenvalue weighted by Gasteiger charge is -2.20. The van der Waals surface area contributed by atoms with Crippen LogP contribution in [-0.2, 0) is 13.5 Å². The molecule has 1 aromatic heterocycles. The molecule has 28 heavy (non-hydrogen) atoms. The van der Waals surface area contributed by atoms with Crippen LogP contribution < -0.4 is 5.32 Å². The Labute approximate surface area is 177 Å². The maximum atomic E-state index is 13.0. The van der Waals surface area contributed by atoms with Crippen LogP contribution in [0.3, 0.4) is 0 Å². The van der Waals surface area contributed by atoms with Crippen molar-refractivity contribution in [3.63, 3.8) is 0 Å². The summed E-state index contributed by atoms with van der Waals surface area (Å²) >= 11 is 2.20. The summed E-state index contributed by atoms with van der Waals surface area (Å²) in [4.78, 5) is 17.7. The number of halogens is 1. The Morgan fingerprint density at radius 1 is 1.00 bits per heavy atom. The molecule has 0 radical (unpaired) electrons. The highest BCUT2D eigenvalue weighted by Gasteiger charge is 2.20. The molecule has 1 heterocycles. The number of benzene rings is 3. The van der Waals surface area contributed by atoms with Crippen LogP contribution in [-0.4, -0.2) is 15.5 Å². The summed E-state index contributed by atoms with van der Waals surface area (Å²) in [6.45, 7) is 0. The number of carbonyl (C=O) groups is 1. The Hall–Kier alpha value is -2.67. The third kappa shape index (κ3) is 3.80. The Bertz CT molecular complexity index is 1120. The number of carbonyl (C=O) groups excluding carboxylic acids is 1. The van der Waals surface area contributed by atoms with E-state index in [9.17, 15) is 4.79 Å². The minimum absolute atomic E-state index is 0.0717. The lowest BCUT2D eigenvalue weighted by atomic mass is 10.0. The monoisotopic (exact) mass is 481 g/mol. The van der Waals surface area contributed by atoms with E-state index in [1.165, 1.54) is 0 Å². The van der Waals surface area contributed by atoms with E-state index >= 15 is 0 Å². The molecule has 1 N–H and O–H groups in total. The molecule has 0 fully saturated rings. The smallest absolute Gasteiger partial charge is 0.252 e. The van der Waals surface area contributed by atoms with E-state index in [1.54, 1.807) is 0 Å². The second kappa shape index (κ2) is 8.14. The third-order valence-electron chi connectivity index (χ3n) is 4.89. The number of nitrogens with zero attached hydrogens (tertiary/aromatic N) is 2.